The van der Waals surface area contributed by atoms with Crippen LogP contribution in [0, 0.1) is 12.7 Å². The Balaban J connectivity index is 1.31. The van der Waals surface area contributed by atoms with E-state index in [-0.39, 0.29) is 11.0 Å². The number of esters is 1. The number of benzene rings is 2. The van der Waals surface area contributed by atoms with Gasteiger partial charge in [0.2, 0.25) is 0 Å². The number of anilines is 5. The Hall–Kier alpha value is -3.96. The molecule has 4 rings (SSSR count). The lowest BCUT2D eigenvalue weighted by atomic mass is 10.2. The van der Waals surface area contributed by atoms with Crippen LogP contribution in [0.4, 0.5) is 37.9 Å². The van der Waals surface area contributed by atoms with Gasteiger partial charge in [0.05, 0.1) is 5.02 Å². The van der Waals surface area contributed by atoms with Crippen LogP contribution in [-0.4, -0.2) is 66.2 Å². The molecule has 10 nitrogen and oxygen atoms in total. The molecule has 1 saturated heterocycles. The highest BCUT2D eigenvalue weighted by Gasteiger charge is 2.19. The molecule has 0 spiro atoms. The van der Waals surface area contributed by atoms with Gasteiger partial charge in [-0.3, -0.25) is 9.69 Å². The molecule has 2 amide bonds. The summed E-state index contributed by atoms with van der Waals surface area (Å²) in [5.41, 5.74) is 1.75. The van der Waals surface area contributed by atoms with E-state index < -0.39 is 11.8 Å². The largest absolute Gasteiger partial charge is 0.465 e. The van der Waals surface area contributed by atoms with Gasteiger partial charge in [-0.05, 0) is 49.4 Å². The van der Waals surface area contributed by atoms with E-state index in [4.69, 9.17) is 16.3 Å². The molecular weight excluding hydrogens is 513 g/mol. The van der Waals surface area contributed by atoms with Crippen molar-refractivity contribution in [2.45, 2.75) is 13.8 Å². The standard InChI is InChI=1S/C26H29ClFN7O3/c1-17-29-24(16-25(30-17)35-11-9-34(10-12-35)13-14-38-18(2)36)31-19-3-5-20(6-4-19)32-26(37)33-21-7-8-23(28)22(27)15-21/h3-8,15-16H,9-14H2,1-2H3,(H,29,30,31)(H2,32,33,37). The van der Waals surface area contributed by atoms with Crippen molar-refractivity contribution in [3.63, 3.8) is 0 Å². The number of hydrogen-bond donors (Lipinski definition) is 3. The monoisotopic (exact) mass is 541 g/mol. The van der Waals surface area contributed by atoms with Crippen LogP contribution in [0.1, 0.15) is 12.7 Å². The van der Waals surface area contributed by atoms with Gasteiger partial charge in [0.25, 0.3) is 0 Å². The highest BCUT2D eigenvalue weighted by molar-refractivity contribution is 6.31. The lowest BCUT2D eigenvalue weighted by Crippen LogP contribution is -2.47. The predicted molar refractivity (Wildman–Crippen MR) is 146 cm³/mol. The third-order valence-electron chi connectivity index (χ3n) is 5.83. The van der Waals surface area contributed by atoms with Crippen LogP contribution < -0.4 is 20.9 Å². The van der Waals surface area contributed by atoms with Crippen LogP contribution in [0.3, 0.4) is 0 Å². The quantitative estimate of drug-likeness (QED) is 0.353. The number of urea groups is 1. The number of aryl methyl sites for hydroxylation is 1. The van der Waals surface area contributed by atoms with E-state index in [1.54, 1.807) is 12.1 Å². The maximum Gasteiger partial charge on any atom is 0.323 e. The molecular formula is C26H29ClFN7O3. The van der Waals surface area contributed by atoms with Crippen LogP contribution in [-0.2, 0) is 9.53 Å². The third kappa shape index (κ3) is 7.77. The molecule has 0 bridgehead atoms. The molecule has 0 radical (unpaired) electrons. The van der Waals surface area contributed by atoms with Crippen LogP contribution in [0.5, 0.6) is 0 Å². The van der Waals surface area contributed by atoms with Gasteiger partial charge < -0.3 is 25.6 Å². The molecule has 1 aliphatic rings. The van der Waals surface area contributed by atoms with E-state index in [1.807, 2.05) is 25.1 Å². The first kappa shape index (κ1) is 27.1. The molecule has 38 heavy (non-hydrogen) atoms. The predicted octanol–water partition coefficient (Wildman–Crippen LogP) is 4.65. The van der Waals surface area contributed by atoms with Gasteiger partial charge in [0.15, 0.2) is 0 Å². The second-order valence-electron chi connectivity index (χ2n) is 8.74. The average molecular weight is 542 g/mol. The first-order chi connectivity index (χ1) is 18.2. The van der Waals surface area contributed by atoms with Crippen molar-refractivity contribution < 1.29 is 18.7 Å². The molecule has 200 valence electrons. The molecule has 0 atom stereocenters. The molecule has 0 aliphatic carbocycles. The van der Waals surface area contributed by atoms with Gasteiger partial charge in [-0.25, -0.2) is 19.2 Å². The highest BCUT2D eigenvalue weighted by Crippen LogP contribution is 2.23. The summed E-state index contributed by atoms with van der Waals surface area (Å²) in [7, 11) is 0. The van der Waals surface area contributed by atoms with E-state index in [0.29, 0.717) is 29.6 Å². The van der Waals surface area contributed by atoms with E-state index in [1.165, 1.54) is 25.1 Å². The summed E-state index contributed by atoms with van der Waals surface area (Å²) in [6.07, 6.45) is 0. The Morgan fingerprint density at radius 3 is 2.32 bits per heavy atom. The number of amides is 2. The molecule has 1 aliphatic heterocycles. The molecule has 2 heterocycles. The Morgan fingerprint density at radius 1 is 0.974 bits per heavy atom. The Morgan fingerprint density at radius 2 is 1.63 bits per heavy atom. The summed E-state index contributed by atoms with van der Waals surface area (Å²) >= 11 is 5.76. The first-order valence-corrected chi connectivity index (χ1v) is 12.5. The Kier molecular flexibility index (Phi) is 8.93. The average Bonchev–Trinajstić information content (AvgIpc) is 2.87. The SMILES string of the molecule is CC(=O)OCCN1CCN(c2cc(Nc3ccc(NC(=O)Nc4ccc(F)c(Cl)c4)cc3)nc(C)n2)CC1. The molecule has 3 N–H and O–H groups in total. The van der Waals surface area contributed by atoms with Gasteiger partial charge in [-0.2, -0.15) is 0 Å². The number of piperazine rings is 1. The minimum Gasteiger partial charge on any atom is -0.465 e. The summed E-state index contributed by atoms with van der Waals surface area (Å²) in [4.78, 5) is 36.8. The number of nitrogens with zero attached hydrogens (tertiary/aromatic N) is 4. The summed E-state index contributed by atoms with van der Waals surface area (Å²) < 4.78 is 18.3. The molecule has 12 heteroatoms. The van der Waals surface area contributed by atoms with Crippen molar-refractivity contribution in [3.05, 3.63) is 65.2 Å². The molecule has 2 aromatic carbocycles. The highest BCUT2D eigenvalue weighted by atomic mass is 35.5. The van der Waals surface area contributed by atoms with Crippen molar-refractivity contribution in [1.82, 2.24) is 14.9 Å². The number of rotatable bonds is 8. The summed E-state index contributed by atoms with van der Waals surface area (Å²) in [6.45, 7) is 7.70. The van der Waals surface area contributed by atoms with Gasteiger partial charge in [-0.15, -0.1) is 0 Å². The Labute approximate surface area is 225 Å². The van der Waals surface area contributed by atoms with Crippen LogP contribution >= 0.6 is 11.6 Å². The van der Waals surface area contributed by atoms with Crippen molar-refractivity contribution in [1.29, 1.82) is 0 Å². The third-order valence-corrected chi connectivity index (χ3v) is 6.12. The molecule has 1 fully saturated rings. The van der Waals surface area contributed by atoms with Gasteiger partial charge >= 0.3 is 12.0 Å². The van der Waals surface area contributed by atoms with Crippen LogP contribution in [0.15, 0.2) is 48.5 Å². The number of aromatic nitrogens is 2. The number of carbonyl (C=O) groups excluding carboxylic acids is 2. The number of nitrogens with one attached hydrogen (secondary N) is 3. The van der Waals surface area contributed by atoms with Crippen molar-refractivity contribution in [2.24, 2.45) is 0 Å². The first-order valence-electron chi connectivity index (χ1n) is 12.1. The van der Waals surface area contributed by atoms with Crippen molar-refractivity contribution in [2.75, 3.05) is 60.2 Å². The molecule has 1 aromatic heterocycles. The van der Waals surface area contributed by atoms with Crippen LogP contribution in [0.2, 0.25) is 5.02 Å². The fourth-order valence-corrected chi connectivity index (χ4v) is 4.13. The maximum absolute atomic E-state index is 13.3. The summed E-state index contributed by atoms with van der Waals surface area (Å²) in [5.74, 6) is 1.34. The zero-order valence-electron chi connectivity index (χ0n) is 21.1. The molecule has 0 unspecified atom stereocenters. The molecule has 3 aromatic rings. The second-order valence-corrected chi connectivity index (χ2v) is 9.14. The topological polar surface area (TPSA) is 112 Å². The van der Waals surface area contributed by atoms with E-state index in [2.05, 4.69) is 35.7 Å². The zero-order valence-corrected chi connectivity index (χ0v) is 21.9. The number of ether oxygens (including phenoxy) is 1. The number of carbonyl (C=O) groups is 2. The second kappa shape index (κ2) is 12.5. The minimum absolute atomic E-state index is 0.0696. The van der Waals surface area contributed by atoms with Gasteiger partial charge in [-0.1, -0.05) is 11.6 Å². The zero-order chi connectivity index (χ0) is 27.1. The Bertz CT molecular complexity index is 1280. The van der Waals surface area contributed by atoms with Gasteiger partial charge in [0.1, 0.15) is 29.9 Å². The molecule has 0 saturated carbocycles. The van der Waals surface area contributed by atoms with Crippen molar-refractivity contribution >= 4 is 52.3 Å². The maximum atomic E-state index is 13.3. The van der Waals surface area contributed by atoms with Gasteiger partial charge in [0, 0.05) is 62.8 Å². The lowest BCUT2D eigenvalue weighted by molar-refractivity contribution is -0.141. The fraction of sp³-hybridized carbons (Fsp3) is 0.308. The van der Waals surface area contributed by atoms with E-state index in [0.717, 1.165) is 44.2 Å². The minimum atomic E-state index is -0.553. The number of halogens is 2. The number of hydrogen-bond acceptors (Lipinski definition) is 8. The fourth-order valence-electron chi connectivity index (χ4n) is 3.95. The lowest BCUT2D eigenvalue weighted by Gasteiger charge is -2.35. The smallest absolute Gasteiger partial charge is 0.323 e. The van der Waals surface area contributed by atoms with Crippen molar-refractivity contribution in [3.8, 4) is 0 Å². The van der Waals surface area contributed by atoms with E-state index >= 15 is 0 Å². The normalized spacial score (nSPS) is 13.6. The summed E-state index contributed by atoms with van der Waals surface area (Å²) in [6, 6.07) is 12.5. The van der Waals surface area contributed by atoms with Crippen LogP contribution in [0.25, 0.3) is 0 Å². The summed E-state index contributed by atoms with van der Waals surface area (Å²) in [5, 5.41) is 8.55. The van der Waals surface area contributed by atoms with E-state index in [9.17, 15) is 14.0 Å².